The van der Waals surface area contributed by atoms with Crippen LogP contribution in [0.4, 0.5) is 0 Å². The molecule has 9 aromatic carbocycles. The van der Waals surface area contributed by atoms with Crippen molar-refractivity contribution < 1.29 is 4.42 Å². The molecular formula is C56H32N4O. The van der Waals surface area contributed by atoms with Gasteiger partial charge in [-0.1, -0.05) is 133 Å². The zero-order valence-electron chi connectivity index (χ0n) is 32.7. The third-order valence-electron chi connectivity index (χ3n) is 12.3. The quantitative estimate of drug-likeness (QED) is 0.163. The Labute approximate surface area is 349 Å². The molecule has 0 unspecified atom stereocenters. The molecule has 0 bridgehead atoms. The van der Waals surface area contributed by atoms with Gasteiger partial charge in [-0.3, -0.25) is 4.98 Å². The van der Waals surface area contributed by atoms with Crippen molar-refractivity contribution in [3.8, 4) is 56.4 Å². The summed E-state index contributed by atoms with van der Waals surface area (Å²) in [6.45, 7) is 0. The van der Waals surface area contributed by atoms with E-state index in [4.69, 9.17) is 19.4 Å². The van der Waals surface area contributed by atoms with Crippen LogP contribution in [-0.2, 0) is 0 Å². The molecule has 0 saturated heterocycles. The molecule has 0 fully saturated rings. The van der Waals surface area contributed by atoms with E-state index >= 15 is 0 Å². The lowest BCUT2D eigenvalue weighted by atomic mass is 9.87. The van der Waals surface area contributed by atoms with E-state index in [-0.39, 0.29) is 0 Å². The maximum absolute atomic E-state index is 6.33. The molecule has 0 aliphatic rings. The van der Waals surface area contributed by atoms with Crippen molar-refractivity contribution in [2.45, 2.75) is 0 Å². The summed E-state index contributed by atoms with van der Waals surface area (Å²) in [6, 6.07) is 66.3. The molecule has 5 heteroatoms. The van der Waals surface area contributed by atoms with Gasteiger partial charge in [0.1, 0.15) is 5.52 Å². The Balaban J connectivity index is 0.926. The topological polar surface area (TPSA) is 64.7 Å². The monoisotopic (exact) mass is 776 g/mol. The lowest BCUT2D eigenvalue weighted by molar-refractivity contribution is 0.620. The van der Waals surface area contributed by atoms with E-state index in [0.29, 0.717) is 5.89 Å². The number of para-hydroxylation sites is 1. The first kappa shape index (κ1) is 33.7. The largest absolute Gasteiger partial charge is 0.436 e. The van der Waals surface area contributed by atoms with Gasteiger partial charge in [-0.15, -0.1) is 0 Å². The minimum atomic E-state index is 0.612. The first-order valence-corrected chi connectivity index (χ1v) is 20.5. The summed E-state index contributed by atoms with van der Waals surface area (Å²) in [4.78, 5) is 19.9. The second kappa shape index (κ2) is 13.1. The summed E-state index contributed by atoms with van der Waals surface area (Å²) >= 11 is 0. The van der Waals surface area contributed by atoms with Crippen LogP contribution >= 0.6 is 0 Å². The van der Waals surface area contributed by atoms with Crippen LogP contribution in [-0.4, -0.2) is 19.9 Å². The number of pyridine rings is 3. The van der Waals surface area contributed by atoms with Crippen molar-refractivity contribution >= 4 is 76.0 Å². The molecule has 13 rings (SSSR count). The van der Waals surface area contributed by atoms with E-state index in [0.717, 1.165) is 83.0 Å². The van der Waals surface area contributed by atoms with Gasteiger partial charge in [-0.05, 0) is 109 Å². The Kier molecular flexibility index (Phi) is 7.24. The molecule has 13 aromatic rings. The van der Waals surface area contributed by atoms with E-state index in [2.05, 4.69) is 126 Å². The Morgan fingerprint density at radius 1 is 0.361 bits per heavy atom. The Hall–Kier alpha value is -8.28. The van der Waals surface area contributed by atoms with E-state index in [1.54, 1.807) is 0 Å². The fraction of sp³-hybridized carbons (Fsp3) is 0. The first-order valence-electron chi connectivity index (χ1n) is 20.5. The first-order chi connectivity index (χ1) is 30.2. The van der Waals surface area contributed by atoms with Gasteiger partial charge in [0, 0.05) is 38.9 Å². The number of nitrogens with zero attached hydrogens (tertiary/aromatic N) is 4. The van der Waals surface area contributed by atoms with E-state index < -0.39 is 0 Å². The molecular weight excluding hydrogens is 745 g/mol. The minimum Gasteiger partial charge on any atom is -0.436 e. The number of hydrogen-bond acceptors (Lipinski definition) is 5. The van der Waals surface area contributed by atoms with Gasteiger partial charge in [0.15, 0.2) is 5.58 Å². The lowest BCUT2D eigenvalue weighted by Crippen LogP contribution is -1.92. The highest BCUT2D eigenvalue weighted by Crippen LogP contribution is 2.44. The molecule has 5 nitrogen and oxygen atoms in total. The number of benzene rings is 9. The molecule has 0 N–H and O–H groups in total. The summed E-state index contributed by atoms with van der Waals surface area (Å²) in [6.07, 6.45) is 1.81. The van der Waals surface area contributed by atoms with Gasteiger partial charge in [0.2, 0.25) is 5.89 Å². The highest BCUT2D eigenvalue weighted by atomic mass is 16.3. The van der Waals surface area contributed by atoms with Crippen molar-refractivity contribution in [1.29, 1.82) is 0 Å². The number of fused-ring (bicyclic) bond motifs is 6. The molecule has 0 radical (unpaired) electrons. The smallest absolute Gasteiger partial charge is 0.227 e. The van der Waals surface area contributed by atoms with E-state index in [9.17, 15) is 0 Å². The van der Waals surface area contributed by atoms with Crippen molar-refractivity contribution in [1.82, 2.24) is 19.9 Å². The van der Waals surface area contributed by atoms with Crippen LogP contribution in [0.5, 0.6) is 0 Å². The zero-order chi connectivity index (χ0) is 40.0. The minimum absolute atomic E-state index is 0.612. The Bertz CT molecular complexity index is 3860. The van der Waals surface area contributed by atoms with Crippen LogP contribution in [0.2, 0.25) is 0 Å². The number of oxazole rings is 1. The Morgan fingerprint density at radius 2 is 1.02 bits per heavy atom. The van der Waals surface area contributed by atoms with Gasteiger partial charge >= 0.3 is 0 Å². The highest BCUT2D eigenvalue weighted by Gasteiger charge is 2.19. The van der Waals surface area contributed by atoms with Gasteiger partial charge in [0.05, 0.1) is 28.1 Å². The van der Waals surface area contributed by atoms with Crippen molar-refractivity contribution in [2.75, 3.05) is 0 Å². The third-order valence-corrected chi connectivity index (χ3v) is 12.3. The van der Waals surface area contributed by atoms with Gasteiger partial charge < -0.3 is 4.42 Å². The predicted octanol–water partition coefficient (Wildman–Crippen LogP) is 14.7. The lowest BCUT2D eigenvalue weighted by Gasteiger charge is -2.17. The normalized spacial score (nSPS) is 11.9. The van der Waals surface area contributed by atoms with Crippen molar-refractivity contribution in [2.24, 2.45) is 0 Å². The molecule has 282 valence electrons. The molecule has 0 saturated carbocycles. The maximum Gasteiger partial charge on any atom is 0.227 e. The Morgan fingerprint density at radius 3 is 1.80 bits per heavy atom. The average Bonchev–Trinajstić information content (AvgIpc) is 3.78. The summed E-state index contributed by atoms with van der Waals surface area (Å²) in [5, 5.41) is 11.7. The number of aromatic nitrogens is 4. The second-order valence-electron chi connectivity index (χ2n) is 15.7. The van der Waals surface area contributed by atoms with E-state index in [1.807, 2.05) is 72.9 Å². The van der Waals surface area contributed by atoms with Crippen LogP contribution in [0, 0.1) is 0 Å². The van der Waals surface area contributed by atoms with E-state index in [1.165, 1.54) is 43.4 Å². The fourth-order valence-electron chi connectivity index (χ4n) is 9.41. The molecule has 0 aliphatic heterocycles. The van der Waals surface area contributed by atoms with Gasteiger partial charge in [0.25, 0.3) is 0 Å². The molecule has 4 heterocycles. The van der Waals surface area contributed by atoms with Crippen LogP contribution in [0.3, 0.4) is 0 Å². The second-order valence-corrected chi connectivity index (χ2v) is 15.7. The van der Waals surface area contributed by atoms with Crippen molar-refractivity contribution in [3.63, 3.8) is 0 Å². The molecule has 4 aromatic heterocycles. The zero-order valence-corrected chi connectivity index (χ0v) is 32.7. The molecule has 0 atom stereocenters. The summed E-state index contributed by atoms with van der Waals surface area (Å²) < 4.78 is 6.33. The molecule has 0 amide bonds. The average molecular weight is 777 g/mol. The van der Waals surface area contributed by atoms with Crippen molar-refractivity contribution in [3.05, 3.63) is 194 Å². The van der Waals surface area contributed by atoms with Gasteiger partial charge in [-0.25, -0.2) is 15.0 Å². The van der Waals surface area contributed by atoms with Crippen LogP contribution in [0.25, 0.3) is 132 Å². The predicted molar refractivity (Wildman–Crippen MR) is 251 cm³/mol. The molecule has 0 spiro atoms. The number of rotatable bonds is 5. The van der Waals surface area contributed by atoms with Crippen LogP contribution in [0.1, 0.15) is 0 Å². The summed E-state index contributed by atoms with van der Waals surface area (Å²) in [7, 11) is 0. The third kappa shape index (κ3) is 5.27. The van der Waals surface area contributed by atoms with Crippen LogP contribution in [0.15, 0.2) is 199 Å². The summed E-state index contributed by atoms with van der Waals surface area (Å²) in [5.41, 5.74) is 12.8. The maximum atomic E-state index is 6.33. The standard InChI is InChI=1S/C56H32N4O/c1-2-8-38(9-3-1)56-60-55-50(61-56)30-28-45-53(55)44-10-4-5-11-46(44)59-54(45)37-16-13-33(14-17-37)40-24-19-35-22-27-43-41(25-20-36-21-26-42(40)51(35)52(36)43)39-18-15-34-23-29-48(58-49(34)32-39)47-12-6-7-31-57-47/h1-32H. The summed E-state index contributed by atoms with van der Waals surface area (Å²) in [5.74, 6) is 0.612. The molecule has 0 aliphatic carbocycles. The molecule has 61 heavy (non-hydrogen) atoms. The van der Waals surface area contributed by atoms with Gasteiger partial charge in [-0.2, -0.15) is 0 Å². The highest BCUT2D eigenvalue weighted by molar-refractivity contribution is 6.28. The SMILES string of the molecule is c1ccc(-c2nc3c(ccc4c(-c5ccc(-c6ccc7ccc8c(-c9ccc%10ccc(-c%11ccccn%11)nc%10c9)ccc9ccc6c7c98)cc5)nc5ccccc5c43)o2)cc1. The fourth-order valence-corrected chi connectivity index (χ4v) is 9.41. The number of hydrogen-bond donors (Lipinski definition) is 0. The van der Waals surface area contributed by atoms with Crippen LogP contribution < -0.4 is 0 Å².